The van der Waals surface area contributed by atoms with E-state index < -0.39 is 48.5 Å². The molecule has 0 fully saturated rings. The van der Waals surface area contributed by atoms with Crippen molar-refractivity contribution in [1.29, 1.82) is 0 Å². The zero-order valence-electron chi connectivity index (χ0n) is 21.0. The van der Waals surface area contributed by atoms with Gasteiger partial charge in [0.15, 0.2) is 11.5 Å². The minimum atomic E-state index is -5.10. The fraction of sp³-hybridized carbons (Fsp3) is 0.667. The number of rotatable bonds is 9. The number of fused-ring (bicyclic) bond motifs is 1. The lowest BCUT2D eigenvalue weighted by molar-refractivity contribution is -0.215. The third-order valence-corrected chi connectivity index (χ3v) is 6.00. The highest BCUT2D eigenvalue weighted by molar-refractivity contribution is 7.52. The molecule has 0 aromatic carbocycles. The first-order chi connectivity index (χ1) is 16.0. The van der Waals surface area contributed by atoms with E-state index in [2.05, 4.69) is 15.0 Å². The maximum absolute atomic E-state index is 12.5. The number of hydrogen-bond acceptors (Lipinski definition) is 10. The lowest BCUT2D eigenvalue weighted by Gasteiger charge is -2.32. The molecule has 0 aliphatic rings. The van der Waals surface area contributed by atoms with Crippen molar-refractivity contribution < 1.29 is 38.2 Å². The second kappa shape index (κ2) is 10.6. The number of nitrogens with zero attached hydrogens (tertiary/aromatic N) is 4. The average molecular weight is 516 g/mol. The molecule has 14 heteroatoms. The number of nitrogen functional groups attached to an aromatic ring is 1. The van der Waals surface area contributed by atoms with Gasteiger partial charge in [-0.05, 0) is 48.0 Å². The first-order valence-corrected chi connectivity index (χ1v) is 12.7. The predicted molar refractivity (Wildman–Crippen MR) is 126 cm³/mol. The van der Waals surface area contributed by atoms with Crippen LogP contribution in [0.3, 0.4) is 0 Å². The largest absolute Gasteiger partial charge is 0.421 e. The first-order valence-electron chi connectivity index (χ1n) is 11.0. The van der Waals surface area contributed by atoms with Crippen molar-refractivity contribution in [3.8, 4) is 0 Å². The SMILES string of the molecule is CCC(COC(C(OC(=O)C(C)(C)C)OC(=O)C(C)(C)C)P(=O)(O)O)n1cnc2c(N)ncnc21. The van der Waals surface area contributed by atoms with Crippen LogP contribution in [0.15, 0.2) is 12.7 Å². The van der Waals surface area contributed by atoms with Gasteiger partial charge in [-0.3, -0.25) is 14.2 Å². The zero-order valence-corrected chi connectivity index (χ0v) is 21.9. The zero-order chi connectivity index (χ0) is 26.8. The van der Waals surface area contributed by atoms with Crippen LogP contribution in [0.5, 0.6) is 0 Å². The second-order valence-corrected chi connectivity index (χ2v) is 11.8. The Labute approximate surface area is 203 Å². The Hall–Kier alpha value is -2.60. The molecule has 2 atom stereocenters. The van der Waals surface area contributed by atoms with E-state index in [0.29, 0.717) is 17.6 Å². The van der Waals surface area contributed by atoms with Gasteiger partial charge in [0.1, 0.15) is 11.8 Å². The molecule has 0 amide bonds. The number of ether oxygens (including phenoxy) is 3. The van der Waals surface area contributed by atoms with Crippen LogP contribution in [0, 0.1) is 10.8 Å². The van der Waals surface area contributed by atoms with Gasteiger partial charge in [0.05, 0.1) is 29.8 Å². The van der Waals surface area contributed by atoms with Gasteiger partial charge >= 0.3 is 19.5 Å². The Bertz CT molecular complexity index is 1070. The van der Waals surface area contributed by atoms with Gasteiger partial charge < -0.3 is 34.3 Å². The summed E-state index contributed by atoms with van der Waals surface area (Å²) in [5, 5.41) is 0. The summed E-state index contributed by atoms with van der Waals surface area (Å²) in [5.41, 5.74) is 4.55. The van der Waals surface area contributed by atoms with Gasteiger partial charge in [-0.15, -0.1) is 0 Å². The number of anilines is 1. The van der Waals surface area contributed by atoms with Crippen molar-refractivity contribution >= 4 is 36.5 Å². The molecule has 0 aliphatic carbocycles. The summed E-state index contributed by atoms with van der Waals surface area (Å²) in [7, 11) is -5.10. The molecule has 2 rings (SSSR count). The maximum Gasteiger partial charge on any atom is 0.361 e. The first kappa shape index (κ1) is 28.6. The molecule has 35 heavy (non-hydrogen) atoms. The number of nitrogens with two attached hydrogens (primary N) is 1. The standard InChI is InChI=1S/C21H34N5O8P/c1-8-12(26-11-25-13-14(22)23-10-24-15(13)26)9-32-17(35(29,30)31)16(33-18(27)20(2,3)4)34-19(28)21(5,6)7/h10-12,16-17H,8-9H2,1-7H3,(H2,22,23,24)(H2,29,30,31). The second-order valence-electron chi connectivity index (χ2n) is 10.1. The molecule has 13 nitrogen and oxygen atoms in total. The highest BCUT2D eigenvalue weighted by atomic mass is 31.2. The fourth-order valence-corrected chi connectivity index (χ4v) is 3.50. The number of aromatic nitrogens is 4. The lowest BCUT2D eigenvalue weighted by atomic mass is 9.97. The van der Waals surface area contributed by atoms with Crippen molar-refractivity contribution in [3.05, 3.63) is 12.7 Å². The number of esters is 2. The van der Waals surface area contributed by atoms with Crippen molar-refractivity contribution in [2.75, 3.05) is 12.3 Å². The summed E-state index contributed by atoms with van der Waals surface area (Å²) >= 11 is 0. The van der Waals surface area contributed by atoms with Crippen molar-refractivity contribution in [2.24, 2.45) is 10.8 Å². The average Bonchev–Trinajstić information content (AvgIpc) is 3.13. The van der Waals surface area contributed by atoms with Crippen LogP contribution in [0.2, 0.25) is 0 Å². The van der Waals surface area contributed by atoms with Crippen LogP contribution >= 0.6 is 7.60 Å². The number of imidazole rings is 1. The van der Waals surface area contributed by atoms with E-state index in [0.717, 1.165) is 0 Å². The fourth-order valence-electron chi connectivity index (χ4n) is 2.78. The molecule has 0 aliphatic heterocycles. The summed E-state index contributed by atoms with van der Waals surface area (Å²) in [6.07, 6.45) is 1.22. The lowest BCUT2D eigenvalue weighted by Crippen LogP contribution is -2.42. The van der Waals surface area contributed by atoms with E-state index in [1.165, 1.54) is 12.7 Å². The molecule has 2 aromatic heterocycles. The molecule has 0 saturated carbocycles. The number of carbonyl (C=O) groups excluding carboxylic acids is 2. The third kappa shape index (κ3) is 7.20. The molecular weight excluding hydrogens is 481 g/mol. The number of carbonyl (C=O) groups is 2. The van der Waals surface area contributed by atoms with E-state index >= 15 is 0 Å². The van der Waals surface area contributed by atoms with Gasteiger partial charge in [-0.2, -0.15) is 0 Å². The normalized spacial score (nSPS) is 14.7. The maximum atomic E-state index is 12.5. The van der Waals surface area contributed by atoms with Crippen molar-refractivity contribution in [2.45, 2.75) is 73.1 Å². The Kier molecular flexibility index (Phi) is 8.65. The minimum Gasteiger partial charge on any atom is -0.421 e. The number of hydrogen-bond donors (Lipinski definition) is 3. The Balaban J connectivity index is 2.37. The third-order valence-electron chi connectivity index (χ3n) is 4.95. The summed E-state index contributed by atoms with van der Waals surface area (Å²) in [6.45, 7) is 10.9. The highest BCUT2D eigenvalue weighted by Gasteiger charge is 2.45. The molecule has 196 valence electrons. The van der Waals surface area contributed by atoms with Gasteiger partial charge in [0, 0.05) is 0 Å². The summed E-state index contributed by atoms with van der Waals surface area (Å²) in [5.74, 6) is -3.54. The molecule has 4 N–H and O–H groups in total. The van der Waals surface area contributed by atoms with Gasteiger partial charge in [-0.25, -0.2) is 15.0 Å². The topological polar surface area (TPSA) is 189 Å². The van der Waals surface area contributed by atoms with E-state index in [1.54, 1.807) is 46.1 Å². The van der Waals surface area contributed by atoms with Crippen LogP contribution in [0.4, 0.5) is 5.82 Å². The van der Waals surface area contributed by atoms with E-state index in [4.69, 9.17) is 19.9 Å². The minimum absolute atomic E-state index is 0.181. The monoisotopic (exact) mass is 515 g/mol. The molecule has 0 bridgehead atoms. The Morgan fingerprint density at radius 1 is 1.06 bits per heavy atom. The smallest absolute Gasteiger partial charge is 0.361 e. The molecular formula is C21H34N5O8P. The highest BCUT2D eigenvalue weighted by Crippen LogP contribution is 2.46. The molecule has 0 radical (unpaired) electrons. The van der Waals surface area contributed by atoms with Gasteiger partial charge in [-0.1, -0.05) is 6.92 Å². The van der Waals surface area contributed by atoms with Crippen LogP contribution in [0.1, 0.15) is 60.9 Å². The van der Waals surface area contributed by atoms with E-state index in [9.17, 15) is 23.9 Å². The molecule has 2 heterocycles. The molecule has 0 spiro atoms. The Morgan fingerprint density at radius 3 is 2.06 bits per heavy atom. The van der Waals surface area contributed by atoms with Crippen LogP contribution in [0.25, 0.3) is 11.2 Å². The predicted octanol–water partition coefficient (Wildman–Crippen LogP) is 2.38. The summed E-state index contributed by atoms with van der Waals surface area (Å²) < 4.78 is 30.2. The summed E-state index contributed by atoms with van der Waals surface area (Å²) in [4.78, 5) is 57.4. The van der Waals surface area contributed by atoms with Crippen molar-refractivity contribution in [3.63, 3.8) is 0 Å². The molecule has 2 aromatic rings. The van der Waals surface area contributed by atoms with Crippen LogP contribution in [-0.2, 0) is 28.4 Å². The Morgan fingerprint density at radius 2 is 1.60 bits per heavy atom. The van der Waals surface area contributed by atoms with E-state index in [-0.39, 0.29) is 12.4 Å². The summed E-state index contributed by atoms with van der Waals surface area (Å²) in [6, 6.07) is -0.486. The quantitative estimate of drug-likeness (QED) is 0.251. The molecule has 2 unspecified atom stereocenters. The van der Waals surface area contributed by atoms with E-state index in [1.807, 2.05) is 6.92 Å². The van der Waals surface area contributed by atoms with Crippen molar-refractivity contribution in [1.82, 2.24) is 19.5 Å². The molecule has 0 saturated heterocycles. The van der Waals surface area contributed by atoms with Gasteiger partial charge in [0.25, 0.3) is 6.29 Å². The van der Waals surface area contributed by atoms with Crippen LogP contribution in [-0.4, -0.2) is 60.0 Å². The van der Waals surface area contributed by atoms with Gasteiger partial charge in [0.2, 0.25) is 5.85 Å². The van der Waals surface area contributed by atoms with Crippen LogP contribution < -0.4 is 5.73 Å².